The standard InChI is InChI=1S/C23H26N4O2/c1-2-5-20-17(4-1)8-11-27(20)10-3-9-24-15-19-16-25-26-23(19)18-6-7-21-22(14-18)29-13-12-28-21/h1-2,4-7,14,16,24H,3,8-13,15H2,(H,25,26). The van der Waals surface area contributed by atoms with Crippen LogP contribution in [0.3, 0.4) is 0 Å². The molecule has 2 aliphatic heterocycles. The summed E-state index contributed by atoms with van der Waals surface area (Å²) in [6, 6.07) is 14.8. The molecule has 0 saturated carbocycles. The van der Waals surface area contributed by atoms with Crippen molar-refractivity contribution in [2.24, 2.45) is 0 Å². The van der Waals surface area contributed by atoms with Crippen molar-refractivity contribution < 1.29 is 9.47 Å². The van der Waals surface area contributed by atoms with Crippen molar-refractivity contribution in [2.45, 2.75) is 19.4 Å². The van der Waals surface area contributed by atoms with Gasteiger partial charge in [-0.05, 0) is 49.2 Å². The fourth-order valence-corrected chi connectivity index (χ4v) is 4.15. The number of anilines is 1. The van der Waals surface area contributed by atoms with E-state index >= 15 is 0 Å². The third-order valence-corrected chi connectivity index (χ3v) is 5.63. The van der Waals surface area contributed by atoms with Crippen LogP contribution < -0.4 is 19.7 Å². The summed E-state index contributed by atoms with van der Waals surface area (Å²) in [5.41, 5.74) is 6.14. The van der Waals surface area contributed by atoms with E-state index < -0.39 is 0 Å². The van der Waals surface area contributed by atoms with Crippen molar-refractivity contribution >= 4 is 5.69 Å². The van der Waals surface area contributed by atoms with Gasteiger partial charge in [0, 0.05) is 36.4 Å². The molecule has 3 aromatic rings. The van der Waals surface area contributed by atoms with E-state index in [2.05, 4.69) is 50.7 Å². The topological polar surface area (TPSA) is 62.4 Å². The molecule has 0 atom stereocenters. The number of nitrogens with one attached hydrogen (secondary N) is 2. The highest BCUT2D eigenvalue weighted by Crippen LogP contribution is 2.34. The number of rotatable bonds is 7. The first-order valence-corrected chi connectivity index (χ1v) is 10.3. The molecule has 0 saturated heterocycles. The Balaban J connectivity index is 1.15. The lowest BCUT2D eigenvalue weighted by Crippen LogP contribution is -2.25. The van der Waals surface area contributed by atoms with Crippen LogP contribution in [0.2, 0.25) is 0 Å². The van der Waals surface area contributed by atoms with Gasteiger partial charge in [-0.2, -0.15) is 5.10 Å². The lowest BCUT2D eigenvalue weighted by atomic mass is 10.1. The molecule has 2 N–H and O–H groups in total. The number of hydrogen-bond donors (Lipinski definition) is 2. The zero-order valence-corrected chi connectivity index (χ0v) is 16.5. The Morgan fingerprint density at radius 1 is 1.07 bits per heavy atom. The maximum Gasteiger partial charge on any atom is 0.162 e. The highest BCUT2D eigenvalue weighted by atomic mass is 16.6. The largest absolute Gasteiger partial charge is 0.486 e. The second kappa shape index (κ2) is 8.17. The molecule has 2 aromatic carbocycles. The summed E-state index contributed by atoms with van der Waals surface area (Å²) in [7, 11) is 0. The number of fused-ring (bicyclic) bond motifs is 2. The quantitative estimate of drug-likeness (QED) is 0.606. The van der Waals surface area contributed by atoms with Crippen LogP contribution in [0.15, 0.2) is 48.7 Å². The van der Waals surface area contributed by atoms with E-state index in [0.717, 1.165) is 67.3 Å². The number of aromatic nitrogens is 2. The van der Waals surface area contributed by atoms with Gasteiger partial charge in [-0.25, -0.2) is 0 Å². The zero-order valence-electron chi connectivity index (χ0n) is 16.5. The lowest BCUT2D eigenvalue weighted by Gasteiger charge is -2.19. The fourth-order valence-electron chi connectivity index (χ4n) is 4.15. The molecule has 29 heavy (non-hydrogen) atoms. The van der Waals surface area contributed by atoms with Crippen LogP contribution in [0.25, 0.3) is 11.3 Å². The summed E-state index contributed by atoms with van der Waals surface area (Å²) in [5.74, 6) is 1.61. The average Bonchev–Trinajstić information content (AvgIpc) is 3.40. The molecular formula is C23H26N4O2. The molecule has 150 valence electrons. The summed E-state index contributed by atoms with van der Waals surface area (Å²) in [4.78, 5) is 2.50. The lowest BCUT2D eigenvalue weighted by molar-refractivity contribution is 0.171. The second-order valence-corrected chi connectivity index (χ2v) is 7.52. The van der Waals surface area contributed by atoms with Crippen LogP contribution in [0.4, 0.5) is 5.69 Å². The van der Waals surface area contributed by atoms with E-state index in [1.165, 1.54) is 11.3 Å². The van der Waals surface area contributed by atoms with Gasteiger partial charge in [0.2, 0.25) is 0 Å². The monoisotopic (exact) mass is 390 g/mol. The average molecular weight is 390 g/mol. The minimum Gasteiger partial charge on any atom is -0.486 e. The predicted octanol–water partition coefficient (Wildman–Crippen LogP) is 3.39. The summed E-state index contributed by atoms with van der Waals surface area (Å²) in [6.45, 7) is 5.19. The predicted molar refractivity (Wildman–Crippen MR) is 114 cm³/mol. The van der Waals surface area contributed by atoms with E-state index in [0.29, 0.717) is 13.2 Å². The maximum atomic E-state index is 5.71. The molecule has 6 heteroatoms. The van der Waals surface area contributed by atoms with Crippen LogP contribution in [0.5, 0.6) is 11.5 Å². The number of para-hydroxylation sites is 1. The van der Waals surface area contributed by atoms with Crippen LogP contribution in [-0.2, 0) is 13.0 Å². The van der Waals surface area contributed by atoms with E-state index in [1.807, 2.05) is 18.3 Å². The summed E-state index contributed by atoms with van der Waals surface area (Å²) in [5, 5.41) is 10.9. The molecule has 3 heterocycles. The molecule has 0 spiro atoms. The molecule has 5 rings (SSSR count). The van der Waals surface area contributed by atoms with Gasteiger partial charge >= 0.3 is 0 Å². The van der Waals surface area contributed by atoms with Gasteiger partial charge in [-0.15, -0.1) is 0 Å². The summed E-state index contributed by atoms with van der Waals surface area (Å²) < 4.78 is 11.3. The van der Waals surface area contributed by atoms with Crippen molar-refractivity contribution in [1.29, 1.82) is 0 Å². The van der Waals surface area contributed by atoms with Crippen molar-refractivity contribution in [2.75, 3.05) is 37.7 Å². The Morgan fingerprint density at radius 3 is 2.93 bits per heavy atom. The van der Waals surface area contributed by atoms with Crippen LogP contribution in [0, 0.1) is 0 Å². The number of hydrogen-bond acceptors (Lipinski definition) is 5. The number of benzene rings is 2. The number of ether oxygens (including phenoxy) is 2. The molecule has 0 bridgehead atoms. The Hall–Kier alpha value is -2.99. The van der Waals surface area contributed by atoms with Gasteiger partial charge in [-0.3, -0.25) is 5.10 Å². The smallest absolute Gasteiger partial charge is 0.162 e. The first-order chi connectivity index (χ1) is 14.4. The van der Waals surface area contributed by atoms with Gasteiger partial charge in [0.25, 0.3) is 0 Å². The van der Waals surface area contributed by atoms with E-state index in [1.54, 1.807) is 0 Å². The van der Waals surface area contributed by atoms with Gasteiger partial charge in [0.1, 0.15) is 13.2 Å². The Bertz CT molecular complexity index is 985. The Kier molecular flexibility index (Phi) is 5.09. The minimum atomic E-state index is 0.593. The van der Waals surface area contributed by atoms with Crippen LogP contribution in [-0.4, -0.2) is 43.0 Å². The van der Waals surface area contributed by atoms with E-state index in [-0.39, 0.29) is 0 Å². The molecular weight excluding hydrogens is 364 g/mol. The molecule has 1 aromatic heterocycles. The van der Waals surface area contributed by atoms with Crippen LogP contribution in [0.1, 0.15) is 17.5 Å². The highest BCUT2D eigenvalue weighted by Gasteiger charge is 2.17. The van der Waals surface area contributed by atoms with Gasteiger partial charge in [0.15, 0.2) is 11.5 Å². The Morgan fingerprint density at radius 2 is 1.97 bits per heavy atom. The normalized spacial score (nSPS) is 14.8. The highest BCUT2D eigenvalue weighted by molar-refractivity contribution is 5.66. The SMILES string of the molecule is c1ccc2c(c1)CCN2CCCNCc1cn[nH]c1-c1ccc2c(c1)OCCO2. The molecule has 0 radical (unpaired) electrons. The summed E-state index contributed by atoms with van der Waals surface area (Å²) in [6.07, 6.45) is 4.18. The second-order valence-electron chi connectivity index (χ2n) is 7.52. The third-order valence-electron chi connectivity index (χ3n) is 5.63. The van der Waals surface area contributed by atoms with Crippen LogP contribution >= 0.6 is 0 Å². The molecule has 0 aliphatic carbocycles. The molecule has 0 unspecified atom stereocenters. The van der Waals surface area contributed by atoms with Gasteiger partial charge in [-0.1, -0.05) is 18.2 Å². The van der Waals surface area contributed by atoms with Crippen molar-refractivity contribution in [3.8, 4) is 22.8 Å². The first-order valence-electron chi connectivity index (χ1n) is 10.3. The number of nitrogens with zero attached hydrogens (tertiary/aromatic N) is 2. The van der Waals surface area contributed by atoms with Gasteiger partial charge < -0.3 is 19.7 Å². The number of aromatic amines is 1. The summed E-state index contributed by atoms with van der Waals surface area (Å²) >= 11 is 0. The van der Waals surface area contributed by atoms with Crippen molar-refractivity contribution in [1.82, 2.24) is 15.5 Å². The van der Waals surface area contributed by atoms with E-state index in [4.69, 9.17) is 9.47 Å². The molecule has 6 nitrogen and oxygen atoms in total. The molecule has 0 amide bonds. The zero-order chi connectivity index (χ0) is 19.5. The molecule has 2 aliphatic rings. The minimum absolute atomic E-state index is 0.593. The Labute approximate surface area is 170 Å². The fraction of sp³-hybridized carbons (Fsp3) is 0.348. The van der Waals surface area contributed by atoms with Gasteiger partial charge in [0.05, 0.1) is 11.9 Å². The molecule has 0 fully saturated rings. The van der Waals surface area contributed by atoms with Crippen molar-refractivity contribution in [3.63, 3.8) is 0 Å². The number of H-pyrrole nitrogens is 1. The van der Waals surface area contributed by atoms with Crippen molar-refractivity contribution in [3.05, 3.63) is 59.8 Å². The first kappa shape index (κ1) is 18.1. The maximum absolute atomic E-state index is 5.71. The van der Waals surface area contributed by atoms with E-state index in [9.17, 15) is 0 Å². The third kappa shape index (κ3) is 3.80.